The van der Waals surface area contributed by atoms with Crippen LogP contribution in [0.2, 0.25) is 0 Å². The van der Waals surface area contributed by atoms with Gasteiger partial charge in [0, 0.05) is 91.1 Å². The van der Waals surface area contributed by atoms with Gasteiger partial charge in [-0.15, -0.1) is 0 Å². The molecule has 2 saturated heterocycles. The number of hydrogen-bond donors (Lipinski definition) is 5. The Kier molecular flexibility index (Phi) is 8.59. The number of hydrogen-bond acceptors (Lipinski definition) is 10. The summed E-state index contributed by atoms with van der Waals surface area (Å²) in [6.45, 7) is 7.49. The van der Waals surface area contributed by atoms with Gasteiger partial charge in [0.1, 0.15) is 17.3 Å². The second-order valence-corrected chi connectivity index (χ2v) is 17.7. The number of nitrogens with one attached hydrogen (secondary N) is 2. The molecule has 5 N–H and O–H groups in total. The largest absolute Gasteiger partial charge is 0.496 e. The number of ether oxygens (including phenoxy) is 2. The number of anilines is 1. The number of carbonyl (C=O) groups excluding carboxylic acids is 2. The summed E-state index contributed by atoms with van der Waals surface area (Å²) >= 11 is 0. The lowest BCUT2D eigenvalue weighted by Gasteiger charge is -2.63. The number of benzene rings is 2. The maximum atomic E-state index is 15.2. The molecule has 3 fully saturated rings. The highest BCUT2D eigenvalue weighted by atomic mass is 16.5. The van der Waals surface area contributed by atoms with E-state index in [1.807, 2.05) is 56.1 Å². The Labute approximate surface area is 328 Å². The van der Waals surface area contributed by atoms with Gasteiger partial charge in [-0.1, -0.05) is 44.2 Å². The van der Waals surface area contributed by atoms with E-state index in [0.29, 0.717) is 69.5 Å². The van der Waals surface area contributed by atoms with Gasteiger partial charge in [0.05, 0.1) is 25.9 Å². The normalized spacial score (nSPS) is 38.4. The van der Waals surface area contributed by atoms with Crippen LogP contribution in [0.25, 0.3) is 10.9 Å². The summed E-state index contributed by atoms with van der Waals surface area (Å²) in [7, 11) is 6.46. The van der Waals surface area contributed by atoms with Crippen LogP contribution < -0.4 is 15.0 Å². The molecule has 5 aliphatic heterocycles. The van der Waals surface area contributed by atoms with Crippen LogP contribution in [0.4, 0.5) is 5.69 Å². The van der Waals surface area contributed by atoms with Gasteiger partial charge in [0.15, 0.2) is 5.60 Å². The van der Waals surface area contributed by atoms with E-state index in [1.165, 1.54) is 14.2 Å². The molecule has 1 saturated carbocycles. The lowest BCUT2D eigenvalue weighted by Crippen LogP contribution is -2.81. The summed E-state index contributed by atoms with van der Waals surface area (Å²) in [5.41, 5.74) is -1.12. The number of H-pyrrole nitrogens is 1. The lowest BCUT2D eigenvalue weighted by atomic mass is 9.47. The van der Waals surface area contributed by atoms with E-state index in [9.17, 15) is 20.1 Å². The number of rotatable bonds is 6. The molecule has 0 radical (unpaired) electrons. The number of para-hydroxylation sites is 1. The summed E-state index contributed by atoms with van der Waals surface area (Å²) in [6.07, 6.45) is 6.01. The minimum absolute atomic E-state index is 0.0712. The number of aliphatic hydroxyl groups excluding tert-OH is 1. The average Bonchev–Trinajstić information content (AvgIpc) is 3.87. The van der Waals surface area contributed by atoms with Crippen molar-refractivity contribution >= 4 is 28.5 Å². The number of likely N-dealkylation sites (N-methyl/N-ethyl adjacent to an activating group) is 2. The molecule has 3 aromatic rings. The Bertz CT molecular complexity index is 2140. The van der Waals surface area contributed by atoms with Crippen molar-refractivity contribution in [1.29, 1.82) is 0 Å². The van der Waals surface area contributed by atoms with Crippen molar-refractivity contribution in [3.63, 3.8) is 0 Å². The molecule has 300 valence electrons. The van der Waals surface area contributed by atoms with E-state index in [4.69, 9.17) is 9.47 Å². The maximum absolute atomic E-state index is 15.2. The Morgan fingerprint density at radius 2 is 1.82 bits per heavy atom. The van der Waals surface area contributed by atoms with Crippen LogP contribution in [0.3, 0.4) is 0 Å². The average molecular weight is 768 g/mol. The molecule has 9 rings (SSSR count). The second-order valence-electron chi connectivity index (χ2n) is 17.7. The monoisotopic (exact) mass is 767 g/mol. The van der Waals surface area contributed by atoms with Crippen molar-refractivity contribution in [2.45, 2.75) is 92.6 Å². The van der Waals surface area contributed by atoms with Crippen LogP contribution in [-0.2, 0) is 31.6 Å². The molecule has 2 aromatic carbocycles. The van der Waals surface area contributed by atoms with Crippen LogP contribution in [0.5, 0.6) is 5.75 Å². The summed E-state index contributed by atoms with van der Waals surface area (Å²) in [4.78, 5) is 39.9. The summed E-state index contributed by atoms with van der Waals surface area (Å²) < 4.78 is 12.3. The maximum Gasteiger partial charge on any atom is 0.322 e. The molecule has 6 aliphatic rings. The fourth-order valence-corrected chi connectivity index (χ4v) is 13.2. The molecule has 1 aliphatic carbocycles. The van der Waals surface area contributed by atoms with Gasteiger partial charge in [0.25, 0.3) is 5.91 Å². The highest BCUT2D eigenvalue weighted by molar-refractivity contribution is 5.95. The molecule has 6 heterocycles. The first-order valence-corrected chi connectivity index (χ1v) is 20.5. The number of nitrogens with zero attached hydrogens (tertiary/aromatic N) is 3. The lowest BCUT2D eigenvalue weighted by molar-refractivity contribution is -0.203. The number of piperidine rings is 1. The van der Waals surface area contributed by atoms with E-state index in [0.717, 1.165) is 46.5 Å². The number of amides is 1. The number of methoxy groups -OCH3 is 2. The van der Waals surface area contributed by atoms with E-state index < -0.39 is 51.5 Å². The number of aromatic amines is 1. The molecule has 56 heavy (non-hydrogen) atoms. The molecule has 12 nitrogen and oxygen atoms in total. The second kappa shape index (κ2) is 12.8. The number of aliphatic hydroxyl groups is 3. The van der Waals surface area contributed by atoms with Crippen molar-refractivity contribution in [3.8, 4) is 5.75 Å². The number of esters is 1. The van der Waals surface area contributed by atoms with Crippen LogP contribution >= 0.6 is 0 Å². The Morgan fingerprint density at radius 3 is 2.54 bits per heavy atom. The van der Waals surface area contributed by atoms with Crippen molar-refractivity contribution in [2.75, 3.05) is 65.9 Å². The first kappa shape index (κ1) is 37.6. The van der Waals surface area contributed by atoms with Crippen molar-refractivity contribution in [2.24, 2.45) is 11.3 Å². The minimum atomic E-state index is -2.18. The third-order valence-corrected chi connectivity index (χ3v) is 15.4. The first-order valence-electron chi connectivity index (χ1n) is 20.5. The third kappa shape index (κ3) is 4.59. The molecule has 4 unspecified atom stereocenters. The summed E-state index contributed by atoms with van der Waals surface area (Å²) in [5.74, 6) is -0.624. The van der Waals surface area contributed by atoms with Crippen LogP contribution in [0.1, 0.15) is 68.3 Å². The summed E-state index contributed by atoms with van der Waals surface area (Å²) in [5, 5.41) is 41.1. The van der Waals surface area contributed by atoms with Gasteiger partial charge in [0.2, 0.25) is 0 Å². The van der Waals surface area contributed by atoms with Crippen molar-refractivity contribution < 1.29 is 34.4 Å². The highest BCUT2D eigenvalue weighted by Gasteiger charge is 2.78. The van der Waals surface area contributed by atoms with Crippen LogP contribution in [0.15, 0.2) is 48.6 Å². The topological polar surface area (TPSA) is 151 Å². The molecule has 1 amide bonds. The van der Waals surface area contributed by atoms with Gasteiger partial charge in [-0.3, -0.25) is 19.4 Å². The van der Waals surface area contributed by atoms with Crippen molar-refractivity contribution in [1.82, 2.24) is 20.1 Å². The van der Waals surface area contributed by atoms with E-state index >= 15 is 4.79 Å². The predicted octanol–water partition coefficient (Wildman–Crippen LogP) is 2.99. The van der Waals surface area contributed by atoms with Crippen molar-refractivity contribution in [3.05, 3.63) is 70.9 Å². The van der Waals surface area contributed by atoms with Crippen LogP contribution in [0, 0.1) is 11.3 Å². The zero-order chi connectivity index (χ0) is 39.6. The third-order valence-electron chi connectivity index (χ3n) is 15.4. The van der Waals surface area contributed by atoms with Gasteiger partial charge in [-0.25, -0.2) is 0 Å². The zero-order valence-electron chi connectivity index (χ0n) is 33.5. The molecule has 1 spiro atoms. The number of carbonyl (C=O) groups is 2. The molecular formula is C44H57N5O7. The van der Waals surface area contributed by atoms with E-state index in [-0.39, 0.29) is 12.0 Å². The molecule has 2 bridgehead atoms. The molecule has 1 aromatic heterocycles. The Morgan fingerprint density at radius 1 is 1.04 bits per heavy atom. The quantitative estimate of drug-likeness (QED) is 0.187. The molecule has 12 heteroatoms. The molecule has 10 atom stereocenters. The van der Waals surface area contributed by atoms with Gasteiger partial charge < -0.3 is 40.0 Å². The van der Waals surface area contributed by atoms with Gasteiger partial charge in [-0.05, 0) is 74.2 Å². The van der Waals surface area contributed by atoms with E-state index in [2.05, 4.69) is 38.3 Å². The zero-order valence-corrected chi connectivity index (χ0v) is 33.5. The van der Waals surface area contributed by atoms with E-state index in [1.54, 1.807) is 7.11 Å². The summed E-state index contributed by atoms with van der Waals surface area (Å²) in [6, 6.07) is 11.2. The first-order chi connectivity index (χ1) is 26.8. The number of fused-ring (bicyclic) bond motifs is 6. The highest BCUT2D eigenvalue weighted by Crippen LogP contribution is 2.67. The predicted molar refractivity (Wildman–Crippen MR) is 213 cm³/mol. The standard InChI is InChI=1S/C44H57N5O7/c1-7-40(53)22-26-23-43(39(52)56-6,34-28(14-18-48(24-26)25-40)27-12-9-10-13-31(27)46-34)30-20-29-32(21-33(30)55-5)47(4)36-42(29)16-19-49-17-11-15-41(8-2,35(42)49)37(50)44(36,54)38(51)45-3/h9-13,15,20-21,26,35-37,46,50,53-54H,7-8,14,16-19,22-25H2,1-6H3,(H,45,51)/t26?,35-,36?,37+,40-,41+,42?,43-,44-/m0/s1. The van der Waals surface area contributed by atoms with Gasteiger partial charge in [-0.2, -0.15) is 0 Å². The Hall–Kier alpha value is -3.94. The Balaban J connectivity index is 1.36. The fraction of sp³-hybridized carbons (Fsp3) is 0.591. The van der Waals surface area contributed by atoms with Gasteiger partial charge >= 0.3 is 5.97 Å². The van der Waals surface area contributed by atoms with Crippen LogP contribution in [-0.4, -0.2) is 132 Å². The fourth-order valence-electron chi connectivity index (χ4n) is 13.2. The smallest absolute Gasteiger partial charge is 0.322 e. The number of aromatic nitrogens is 1. The minimum Gasteiger partial charge on any atom is -0.496 e. The SMILES string of the molecule is CC[C@]1(O)CC2CN(CCc3c([nH]c4ccccc34)[C@@](C(=O)OC)(c3cc4c(cc3OC)N(C)C3C45CCN4CC=C[C@](CC)([C@H]45)[C@@H](O)[C@]3(O)C(=O)NC)C2)C1. The molecular weight excluding hydrogens is 711 g/mol.